The van der Waals surface area contributed by atoms with E-state index in [1.807, 2.05) is 18.4 Å². The van der Waals surface area contributed by atoms with Crippen LogP contribution in [0.3, 0.4) is 0 Å². The van der Waals surface area contributed by atoms with Crippen LogP contribution in [0.15, 0.2) is 34.9 Å². The summed E-state index contributed by atoms with van der Waals surface area (Å²) in [6.45, 7) is 7.75. The van der Waals surface area contributed by atoms with Crippen LogP contribution in [0, 0.1) is 5.92 Å². The fourth-order valence-corrected chi connectivity index (χ4v) is 2.85. The van der Waals surface area contributed by atoms with Crippen molar-refractivity contribution in [1.29, 1.82) is 0 Å². The highest BCUT2D eigenvalue weighted by molar-refractivity contribution is 5.81. The molecule has 0 spiro atoms. The maximum absolute atomic E-state index is 5.68. The average molecular weight is 259 g/mol. The van der Waals surface area contributed by atoms with Gasteiger partial charge in [0.2, 0.25) is 0 Å². The van der Waals surface area contributed by atoms with Crippen molar-refractivity contribution < 1.29 is 4.42 Å². The molecule has 0 amide bonds. The summed E-state index contributed by atoms with van der Waals surface area (Å²) >= 11 is 0. The highest BCUT2D eigenvalue weighted by atomic mass is 16.3. The first kappa shape index (κ1) is 14.1. The fraction of sp³-hybridized carbons (Fsp3) is 0.529. The molecule has 1 heterocycles. The molecule has 0 aliphatic carbocycles. The van der Waals surface area contributed by atoms with E-state index in [9.17, 15) is 0 Å². The smallest absolute Gasteiger partial charge is 0.134 e. The third-order valence-electron chi connectivity index (χ3n) is 3.76. The van der Waals surface area contributed by atoms with Gasteiger partial charge in [-0.25, -0.2) is 0 Å². The van der Waals surface area contributed by atoms with E-state index in [2.05, 4.69) is 38.2 Å². The van der Waals surface area contributed by atoms with E-state index in [0.717, 1.165) is 18.0 Å². The van der Waals surface area contributed by atoms with E-state index in [1.54, 1.807) is 0 Å². The second kappa shape index (κ2) is 6.76. The van der Waals surface area contributed by atoms with Crippen LogP contribution >= 0.6 is 0 Å². The van der Waals surface area contributed by atoms with Crippen molar-refractivity contribution in [1.82, 2.24) is 5.32 Å². The number of benzene rings is 1. The summed E-state index contributed by atoms with van der Waals surface area (Å²) in [6, 6.07) is 8.70. The lowest BCUT2D eigenvalue weighted by Gasteiger charge is -2.21. The molecule has 2 atom stereocenters. The molecule has 0 aliphatic rings. The van der Waals surface area contributed by atoms with Crippen LogP contribution < -0.4 is 5.32 Å². The maximum atomic E-state index is 5.68. The molecule has 19 heavy (non-hydrogen) atoms. The van der Waals surface area contributed by atoms with Crippen molar-refractivity contribution in [3.8, 4) is 0 Å². The molecular formula is C17H25NO. The van der Waals surface area contributed by atoms with Crippen LogP contribution in [0.2, 0.25) is 0 Å². The molecule has 2 rings (SSSR count). The highest BCUT2D eigenvalue weighted by Gasteiger charge is 2.18. The molecule has 0 saturated carbocycles. The Kier molecular flexibility index (Phi) is 5.03. The van der Waals surface area contributed by atoms with Gasteiger partial charge in [-0.15, -0.1) is 0 Å². The molecule has 0 fully saturated rings. The third kappa shape index (κ3) is 3.38. The van der Waals surface area contributed by atoms with Gasteiger partial charge < -0.3 is 9.73 Å². The first-order valence-electron chi connectivity index (χ1n) is 7.45. The maximum Gasteiger partial charge on any atom is 0.134 e. The molecule has 2 nitrogen and oxygen atoms in total. The molecule has 0 saturated heterocycles. The Morgan fingerprint density at radius 2 is 2.00 bits per heavy atom. The van der Waals surface area contributed by atoms with Gasteiger partial charge >= 0.3 is 0 Å². The summed E-state index contributed by atoms with van der Waals surface area (Å²) < 4.78 is 5.68. The van der Waals surface area contributed by atoms with Gasteiger partial charge in [-0.2, -0.15) is 0 Å². The minimum absolute atomic E-state index is 0.398. The van der Waals surface area contributed by atoms with Gasteiger partial charge in [0.25, 0.3) is 0 Å². The predicted octanol–water partition coefficient (Wildman–Crippen LogP) is 4.91. The second-order valence-electron chi connectivity index (χ2n) is 5.43. The Balaban J connectivity index is 2.22. The second-order valence-corrected chi connectivity index (χ2v) is 5.43. The van der Waals surface area contributed by atoms with Crippen LogP contribution in [0.5, 0.6) is 0 Å². The van der Waals surface area contributed by atoms with Crippen LogP contribution in [-0.2, 0) is 0 Å². The van der Waals surface area contributed by atoms with E-state index in [-0.39, 0.29) is 0 Å². The van der Waals surface area contributed by atoms with E-state index in [0.29, 0.717) is 6.04 Å². The van der Waals surface area contributed by atoms with Crippen molar-refractivity contribution >= 4 is 11.0 Å². The van der Waals surface area contributed by atoms with Gasteiger partial charge in [-0.05, 0) is 24.9 Å². The van der Waals surface area contributed by atoms with Gasteiger partial charge in [0.05, 0.1) is 6.26 Å². The molecule has 2 unspecified atom stereocenters. The average Bonchev–Trinajstić information content (AvgIpc) is 2.82. The highest BCUT2D eigenvalue weighted by Crippen LogP contribution is 2.31. The zero-order valence-electron chi connectivity index (χ0n) is 12.3. The van der Waals surface area contributed by atoms with Crippen molar-refractivity contribution in [3.05, 3.63) is 36.1 Å². The van der Waals surface area contributed by atoms with E-state index < -0.39 is 0 Å². The molecule has 1 aromatic heterocycles. The van der Waals surface area contributed by atoms with Gasteiger partial charge in [0.1, 0.15) is 5.58 Å². The standard InChI is InChI=1S/C17H25NO/c1-4-8-13(3)11-16(18-5-2)15-12-19-17-10-7-6-9-14(15)17/h6-7,9-10,12-13,16,18H,4-5,8,11H2,1-3H3. The van der Waals surface area contributed by atoms with Crippen LogP contribution in [-0.4, -0.2) is 6.54 Å². The molecule has 2 heteroatoms. The Labute approximate surface area is 116 Å². The number of nitrogens with one attached hydrogen (secondary N) is 1. The Bertz CT molecular complexity index is 503. The lowest BCUT2D eigenvalue weighted by Crippen LogP contribution is -2.22. The number of para-hydroxylation sites is 1. The summed E-state index contributed by atoms with van der Waals surface area (Å²) in [4.78, 5) is 0. The Morgan fingerprint density at radius 1 is 1.21 bits per heavy atom. The van der Waals surface area contributed by atoms with Crippen molar-refractivity contribution in [2.24, 2.45) is 5.92 Å². The van der Waals surface area contributed by atoms with Gasteiger partial charge in [0.15, 0.2) is 0 Å². The van der Waals surface area contributed by atoms with E-state index in [4.69, 9.17) is 4.42 Å². The predicted molar refractivity (Wildman–Crippen MR) is 81.3 cm³/mol. The normalized spacial score (nSPS) is 14.7. The van der Waals surface area contributed by atoms with Crippen LogP contribution in [0.25, 0.3) is 11.0 Å². The van der Waals surface area contributed by atoms with E-state index in [1.165, 1.54) is 30.2 Å². The Morgan fingerprint density at radius 3 is 2.74 bits per heavy atom. The van der Waals surface area contributed by atoms with E-state index >= 15 is 0 Å². The van der Waals surface area contributed by atoms with Crippen LogP contribution in [0.1, 0.15) is 51.6 Å². The van der Waals surface area contributed by atoms with Gasteiger partial charge in [-0.1, -0.05) is 51.8 Å². The molecular weight excluding hydrogens is 234 g/mol. The summed E-state index contributed by atoms with van der Waals surface area (Å²) in [5, 5.41) is 4.85. The zero-order chi connectivity index (χ0) is 13.7. The molecule has 1 aromatic carbocycles. The lowest BCUT2D eigenvalue weighted by atomic mass is 9.92. The largest absolute Gasteiger partial charge is 0.464 e. The first-order chi connectivity index (χ1) is 9.26. The minimum Gasteiger partial charge on any atom is -0.464 e. The molecule has 0 bridgehead atoms. The number of rotatable bonds is 7. The molecule has 0 aliphatic heterocycles. The van der Waals surface area contributed by atoms with Crippen molar-refractivity contribution in [2.45, 2.75) is 46.1 Å². The lowest BCUT2D eigenvalue weighted by molar-refractivity contribution is 0.394. The topological polar surface area (TPSA) is 25.2 Å². The number of fused-ring (bicyclic) bond motifs is 1. The van der Waals surface area contributed by atoms with Crippen LogP contribution in [0.4, 0.5) is 0 Å². The first-order valence-corrected chi connectivity index (χ1v) is 7.45. The SMILES string of the molecule is CCCC(C)CC(NCC)c1coc2ccccc12. The summed E-state index contributed by atoms with van der Waals surface area (Å²) in [6.07, 6.45) is 5.64. The number of furan rings is 1. The number of hydrogen-bond acceptors (Lipinski definition) is 2. The zero-order valence-corrected chi connectivity index (χ0v) is 12.3. The van der Waals surface area contributed by atoms with Gasteiger partial charge in [-0.3, -0.25) is 0 Å². The molecule has 1 N–H and O–H groups in total. The molecule has 0 radical (unpaired) electrons. The summed E-state index contributed by atoms with van der Waals surface area (Å²) in [7, 11) is 0. The fourth-order valence-electron chi connectivity index (χ4n) is 2.85. The minimum atomic E-state index is 0.398. The van der Waals surface area contributed by atoms with Gasteiger partial charge in [0, 0.05) is 17.0 Å². The monoisotopic (exact) mass is 259 g/mol. The number of hydrogen-bond donors (Lipinski definition) is 1. The third-order valence-corrected chi connectivity index (χ3v) is 3.76. The Hall–Kier alpha value is -1.28. The molecule has 2 aromatic rings. The van der Waals surface area contributed by atoms with Crippen molar-refractivity contribution in [3.63, 3.8) is 0 Å². The summed E-state index contributed by atoms with van der Waals surface area (Å²) in [5.74, 6) is 0.739. The van der Waals surface area contributed by atoms with Crippen molar-refractivity contribution in [2.75, 3.05) is 6.54 Å². The summed E-state index contributed by atoms with van der Waals surface area (Å²) in [5.41, 5.74) is 2.30. The quantitative estimate of drug-likeness (QED) is 0.764. The molecule has 104 valence electrons.